The minimum absolute atomic E-state index is 0.144. The summed E-state index contributed by atoms with van der Waals surface area (Å²) in [6, 6.07) is 18.7. The zero-order valence-electron chi connectivity index (χ0n) is 17.6. The van der Waals surface area contributed by atoms with E-state index < -0.39 is 5.60 Å². The number of likely N-dealkylation sites (N-methyl/N-ethyl adjacent to an activating group) is 1. The van der Waals surface area contributed by atoms with E-state index in [4.69, 9.17) is 4.74 Å². The normalized spacial score (nSPS) is 19.2. The number of pyridine rings is 1. The zero-order chi connectivity index (χ0) is 21.7. The van der Waals surface area contributed by atoms with Gasteiger partial charge in [0.2, 0.25) is 0 Å². The van der Waals surface area contributed by atoms with E-state index in [-0.39, 0.29) is 11.7 Å². The molecule has 2 heterocycles. The highest BCUT2D eigenvalue weighted by Gasteiger charge is 2.43. The van der Waals surface area contributed by atoms with E-state index in [0.29, 0.717) is 32.7 Å². The lowest BCUT2D eigenvalue weighted by Crippen LogP contribution is -2.60. The summed E-state index contributed by atoms with van der Waals surface area (Å²) in [7, 11) is 1.63. The van der Waals surface area contributed by atoms with Crippen LogP contribution in [0.25, 0.3) is 11.1 Å². The summed E-state index contributed by atoms with van der Waals surface area (Å²) in [4.78, 5) is 19.1. The molecule has 31 heavy (non-hydrogen) atoms. The number of carbonyl (C=O) groups excluding carboxylic acids is 1. The fourth-order valence-corrected chi connectivity index (χ4v) is 4.13. The average Bonchev–Trinajstić information content (AvgIpc) is 2.80. The SMILES string of the molecule is CNC(=O)[C@@]1(Cc2ccc(-c3ccncc3)cc2)CN(Cc2cccc(F)c2)CCO1. The fourth-order valence-electron chi connectivity index (χ4n) is 4.13. The third-order valence-electron chi connectivity index (χ3n) is 5.66. The molecule has 6 heteroatoms. The van der Waals surface area contributed by atoms with E-state index >= 15 is 0 Å². The number of morpholine rings is 1. The van der Waals surface area contributed by atoms with Crippen molar-refractivity contribution in [3.8, 4) is 11.1 Å². The summed E-state index contributed by atoms with van der Waals surface area (Å²) >= 11 is 0. The van der Waals surface area contributed by atoms with Gasteiger partial charge in [0.05, 0.1) is 6.61 Å². The predicted octanol–water partition coefficient (Wildman–Crippen LogP) is 3.45. The van der Waals surface area contributed by atoms with Crippen molar-refractivity contribution >= 4 is 5.91 Å². The highest BCUT2D eigenvalue weighted by molar-refractivity contribution is 5.86. The summed E-state index contributed by atoms with van der Waals surface area (Å²) in [6.45, 7) is 2.14. The van der Waals surface area contributed by atoms with Gasteiger partial charge in [-0.3, -0.25) is 14.7 Å². The van der Waals surface area contributed by atoms with E-state index in [1.54, 1.807) is 25.5 Å². The second-order valence-electron chi connectivity index (χ2n) is 7.87. The van der Waals surface area contributed by atoms with Gasteiger partial charge < -0.3 is 10.1 Å². The number of hydrogen-bond donors (Lipinski definition) is 1. The molecule has 0 unspecified atom stereocenters. The van der Waals surface area contributed by atoms with Crippen molar-refractivity contribution in [2.45, 2.75) is 18.6 Å². The van der Waals surface area contributed by atoms with Gasteiger partial charge in [-0.25, -0.2) is 4.39 Å². The Labute approximate surface area is 181 Å². The molecule has 0 bridgehead atoms. The minimum Gasteiger partial charge on any atom is -0.362 e. The Balaban J connectivity index is 1.53. The molecular weight excluding hydrogens is 393 g/mol. The topological polar surface area (TPSA) is 54.5 Å². The molecule has 1 saturated heterocycles. The van der Waals surface area contributed by atoms with Crippen molar-refractivity contribution < 1.29 is 13.9 Å². The van der Waals surface area contributed by atoms with Crippen molar-refractivity contribution in [3.63, 3.8) is 0 Å². The predicted molar refractivity (Wildman–Crippen MR) is 118 cm³/mol. The molecule has 1 atom stereocenters. The highest BCUT2D eigenvalue weighted by atomic mass is 19.1. The first kappa shape index (κ1) is 21.2. The zero-order valence-corrected chi connectivity index (χ0v) is 17.6. The van der Waals surface area contributed by atoms with E-state index in [0.717, 1.165) is 22.3 Å². The average molecular weight is 420 g/mol. The first-order valence-corrected chi connectivity index (χ1v) is 10.4. The van der Waals surface area contributed by atoms with Crippen LogP contribution in [0.3, 0.4) is 0 Å². The van der Waals surface area contributed by atoms with E-state index in [9.17, 15) is 9.18 Å². The molecule has 5 nitrogen and oxygen atoms in total. The summed E-state index contributed by atoms with van der Waals surface area (Å²) < 4.78 is 19.7. The maximum atomic E-state index is 13.6. The third-order valence-corrected chi connectivity index (χ3v) is 5.66. The Morgan fingerprint density at radius 1 is 1.10 bits per heavy atom. The largest absolute Gasteiger partial charge is 0.362 e. The molecule has 0 radical (unpaired) electrons. The fraction of sp³-hybridized carbons (Fsp3) is 0.280. The number of hydrogen-bond acceptors (Lipinski definition) is 4. The molecule has 0 aliphatic carbocycles. The molecule has 2 aromatic carbocycles. The van der Waals surface area contributed by atoms with Crippen molar-refractivity contribution in [2.24, 2.45) is 0 Å². The minimum atomic E-state index is -0.988. The number of benzene rings is 2. The molecule has 160 valence electrons. The van der Waals surface area contributed by atoms with E-state index in [2.05, 4.69) is 27.3 Å². The molecule has 1 N–H and O–H groups in total. The number of ether oxygens (including phenoxy) is 1. The molecular formula is C25H26FN3O2. The van der Waals surface area contributed by atoms with Crippen LogP contribution in [0.2, 0.25) is 0 Å². The van der Waals surface area contributed by atoms with Crippen LogP contribution >= 0.6 is 0 Å². The molecule has 0 saturated carbocycles. The molecule has 4 rings (SSSR count). The van der Waals surface area contributed by atoms with E-state index in [1.807, 2.05) is 30.3 Å². The van der Waals surface area contributed by atoms with Crippen LogP contribution in [0.15, 0.2) is 73.1 Å². The van der Waals surface area contributed by atoms with E-state index in [1.165, 1.54) is 12.1 Å². The van der Waals surface area contributed by atoms with Crippen LogP contribution in [-0.2, 0) is 22.5 Å². The van der Waals surface area contributed by atoms with Crippen molar-refractivity contribution in [3.05, 3.63) is 90.0 Å². The lowest BCUT2D eigenvalue weighted by Gasteiger charge is -2.41. The highest BCUT2D eigenvalue weighted by Crippen LogP contribution is 2.27. The third kappa shape index (κ3) is 4.98. The van der Waals surface area contributed by atoms with Gasteiger partial charge in [-0.05, 0) is 46.5 Å². The van der Waals surface area contributed by atoms with Crippen molar-refractivity contribution in [1.29, 1.82) is 0 Å². The summed E-state index contributed by atoms with van der Waals surface area (Å²) in [5.74, 6) is -0.396. The van der Waals surface area contributed by atoms with Gasteiger partial charge in [0.1, 0.15) is 5.82 Å². The number of nitrogens with zero attached hydrogens (tertiary/aromatic N) is 2. The monoisotopic (exact) mass is 419 g/mol. The molecule has 3 aromatic rings. The van der Waals surface area contributed by atoms with Gasteiger partial charge in [0.15, 0.2) is 5.60 Å². The Kier molecular flexibility index (Phi) is 6.39. The maximum absolute atomic E-state index is 13.6. The van der Waals surface area contributed by atoms with Crippen LogP contribution in [0.1, 0.15) is 11.1 Å². The lowest BCUT2D eigenvalue weighted by molar-refractivity contribution is -0.160. The first-order valence-electron chi connectivity index (χ1n) is 10.4. The Hall–Kier alpha value is -3.09. The standard InChI is InChI=1S/C25H26FN3O2/c1-27-24(30)25(16-19-5-7-21(8-6-19)22-9-11-28-12-10-22)18-29(13-14-31-25)17-20-3-2-4-23(26)15-20/h2-12,15H,13-14,16-18H2,1H3,(H,27,30)/t25-/m1/s1. The van der Waals surface area contributed by atoms with Gasteiger partial charge in [-0.2, -0.15) is 0 Å². The van der Waals surface area contributed by atoms with Crippen LogP contribution in [0.5, 0.6) is 0 Å². The summed E-state index contributed by atoms with van der Waals surface area (Å²) in [5.41, 5.74) is 3.11. The lowest BCUT2D eigenvalue weighted by atomic mass is 9.90. The molecule has 1 aliphatic rings. The summed E-state index contributed by atoms with van der Waals surface area (Å²) in [6.07, 6.45) is 4.00. The van der Waals surface area contributed by atoms with Crippen LogP contribution in [0.4, 0.5) is 4.39 Å². The number of aromatic nitrogens is 1. The van der Waals surface area contributed by atoms with Gasteiger partial charge in [-0.15, -0.1) is 0 Å². The van der Waals surface area contributed by atoms with Crippen LogP contribution < -0.4 is 5.32 Å². The van der Waals surface area contributed by atoms with Crippen molar-refractivity contribution in [1.82, 2.24) is 15.2 Å². The Morgan fingerprint density at radius 2 is 1.84 bits per heavy atom. The second-order valence-corrected chi connectivity index (χ2v) is 7.87. The maximum Gasteiger partial charge on any atom is 0.253 e. The smallest absolute Gasteiger partial charge is 0.253 e. The second kappa shape index (κ2) is 9.37. The van der Waals surface area contributed by atoms with Gasteiger partial charge in [-0.1, -0.05) is 36.4 Å². The van der Waals surface area contributed by atoms with Gasteiger partial charge in [0, 0.05) is 45.5 Å². The number of amides is 1. The van der Waals surface area contributed by atoms with Crippen LogP contribution in [-0.4, -0.2) is 48.1 Å². The van der Waals surface area contributed by atoms with Crippen LogP contribution in [0, 0.1) is 5.82 Å². The number of rotatable bonds is 6. The number of halogens is 1. The van der Waals surface area contributed by atoms with Gasteiger partial charge in [0.25, 0.3) is 5.91 Å². The molecule has 1 aromatic heterocycles. The van der Waals surface area contributed by atoms with Crippen molar-refractivity contribution in [2.75, 3.05) is 26.7 Å². The summed E-state index contributed by atoms with van der Waals surface area (Å²) in [5, 5.41) is 2.77. The number of carbonyl (C=O) groups is 1. The molecule has 1 aliphatic heterocycles. The number of nitrogens with one attached hydrogen (secondary N) is 1. The quantitative estimate of drug-likeness (QED) is 0.665. The van der Waals surface area contributed by atoms with Gasteiger partial charge >= 0.3 is 0 Å². The molecule has 1 fully saturated rings. The Morgan fingerprint density at radius 3 is 2.55 bits per heavy atom. The first-order chi connectivity index (χ1) is 15.1. The molecule has 0 spiro atoms. The Bertz CT molecular complexity index is 1030. The molecule has 1 amide bonds.